The lowest BCUT2D eigenvalue weighted by atomic mass is 10.0. The van der Waals surface area contributed by atoms with Crippen LogP contribution in [0.2, 0.25) is 0 Å². The molecule has 1 aromatic heterocycles. The number of benzene rings is 2. The molecular weight excluding hydrogens is 411 g/mol. The van der Waals surface area contributed by atoms with E-state index in [1.165, 1.54) is 37.7 Å². The fraction of sp³-hybridized carbons (Fsp3) is 0.333. The highest BCUT2D eigenvalue weighted by Gasteiger charge is 2.34. The number of nitrogens with zero attached hydrogens (tertiary/aromatic N) is 2. The van der Waals surface area contributed by atoms with Crippen LogP contribution in [-0.2, 0) is 12.6 Å². The number of alkyl halides is 3. The summed E-state index contributed by atoms with van der Waals surface area (Å²) in [5.74, 6) is -1.72. The summed E-state index contributed by atoms with van der Waals surface area (Å²) in [6.45, 7) is 2.16. The highest BCUT2D eigenvalue weighted by atomic mass is 19.4. The highest BCUT2D eigenvalue weighted by Crippen LogP contribution is 2.33. The minimum Gasteiger partial charge on any atom is -0.236 e. The van der Waals surface area contributed by atoms with Crippen LogP contribution in [0.15, 0.2) is 48.8 Å². The Balaban J connectivity index is 1.72. The molecule has 0 unspecified atom stereocenters. The minimum atomic E-state index is -4.77. The zero-order valence-corrected chi connectivity index (χ0v) is 17.1. The lowest BCUT2D eigenvalue weighted by Crippen LogP contribution is -2.08. The number of hydrogen-bond acceptors (Lipinski definition) is 2. The first-order valence-corrected chi connectivity index (χ1v) is 10.3. The zero-order valence-electron chi connectivity index (χ0n) is 17.1. The first-order chi connectivity index (χ1) is 14.8. The van der Waals surface area contributed by atoms with Gasteiger partial charge in [-0.2, -0.15) is 13.2 Å². The number of aromatic nitrogens is 2. The molecule has 0 saturated carbocycles. The molecule has 0 amide bonds. The first kappa shape index (κ1) is 22.8. The quantitative estimate of drug-likeness (QED) is 0.269. The molecule has 1 heterocycles. The summed E-state index contributed by atoms with van der Waals surface area (Å²) in [6.07, 6.45) is 4.51. The van der Waals surface area contributed by atoms with Gasteiger partial charge < -0.3 is 0 Å². The molecule has 0 spiro atoms. The van der Waals surface area contributed by atoms with Crippen molar-refractivity contribution in [2.75, 3.05) is 0 Å². The lowest BCUT2D eigenvalue weighted by Gasteiger charge is -2.09. The molecule has 0 atom stereocenters. The van der Waals surface area contributed by atoms with Crippen molar-refractivity contribution in [2.24, 2.45) is 0 Å². The van der Waals surface area contributed by atoms with E-state index in [9.17, 15) is 22.0 Å². The Labute approximate surface area is 178 Å². The van der Waals surface area contributed by atoms with Crippen molar-refractivity contribution < 1.29 is 22.0 Å². The number of aryl methyl sites for hydroxylation is 1. The average molecular weight is 434 g/mol. The van der Waals surface area contributed by atoms with Gasteiger partial charge in [-0.25, -0.2) is 18.7 Å². The van der Waals surface area contributed by atoms with E-state index in [2.05, 4.69) is 16.9 Å². The monoisotopic (exact) mass is 434 g/mol. The first-order valence-electron chi connectivity index (χ1n) is 10.3. The molecule has 0 saturated heterocycles. The second-order valence-electron chi connectivity index (χ2n) is 7.47. The smallest absolute Gasteiger partial charge is 0.236 e. The van der Waals surface area contributed by atoms with Crippen LogP contribution in [0, 0.1) is 11.6 Å². The van der Waals surface area contributed by atoms with Crippen molar-refractivity contribution in [1.82, 2.24) is 9.97 Å². The van der Waals surface area contributed by atoms with E-state index in [1.807, 2.05) is 6.07 Å². The molecule has 0 aliphatic heterocycles. The van der Waals surface area contributed by atoms with E-state index >= 15 is 0 Å². The van der Waals surface area contributed by atoms with Crippen molar-refractivity contribution in [1.29, 1.82) is 0 Å². The van der Waals surface area contributed by atoms with Crippen molar-refractivity contribution >= 4 is 0 Å². The van der Waals surface area contributed by atoms with E-state index in [4.69, 9.17) is 0 Å². The van der Waals surface area contributed by atoms with Crippen molar-refractivity contribution in [2.45, 2.75) is 51.6 Å². The van der Waals surface area contributed by atoms with E-state index in [0.29, 0.717) is 17.2 Å². The van der Waals surface area contributed by atoms with E-state index in [-0.39, 0.29) is 17.2 Å². The second kappa shape index (κ2) is 9.98. The van der Waals surface area contributed by atoms with Crippen LogP contribution in [0.5, 0.6) is 0 Å². The van der Waals surface area contributed by atoms with Crippen LogP contribution >= 0.6 is 0 Å². The molecule has 0 aliphatic rings. The number of rotatable bonds is 8. The van der Waals surface area contributed by atoms with Gasteiger partial charge in [-0.05, 0) is 36.6 Å². The Morgan fingerprint density at radius 2 is 1.48 bits per heavy atom. The summed E-state index contributed by atoms with van der Waals surface area (Å²) in [5.41, 5.74) is 0.454. The summed E-state index contributed by atoms with van der Waals surface area (Å²) >= 11 is 0. The number of unbranched alkanes of at least 4 members (excludes halogenated alkanes) is 4. The third-order valence-electron chi connectivity index (χ3n) is 5.10. The van der Waals surface area contributed by atoms with Crippen molar-refractivity contribution in [3.05, 3.63) is 71.6 Å². The maximum atomic E-state index is 14.6. The Morgan fingerprint density at radius 1 is 0.774 bits per heavy atom. The summed E-state index contributed by atoms with van der Waals surface area (Å²) in [6, 6.07) is 7.56. The largest absolute Gasteiger partial charge is 0.419 e. The van der Waals surface area contributed by atoms with E-state index in [1.54, 1.807) is 6.07 Å². The van der Waals surface area contributed by atoms with Crippen LogP contribution in [-0.4, -0.2) is 9.97 Å². The molecule has 3 aromatic rings. The standard InChI is InChI=1S/C24H23F5N2/c1-2-3-4-5-6-7-16-8-10-19(21(25)12-16)18-14-30-23(31-15-18)17-9-11-20(22(26)13-17)24(27,28)29/h8-15H,2-7H2,1H3. The molecule has 31 heavy (non-hydrogen) atoms. The van der Waals surface area contributed by atoms with Gasteiger partial charge in [0.05, 0.1) is 5.56 Å². The Hall–Kier alpha value is -2.83. The van der Waals surface area contributed by atoms with Crippen LogP contribution in [0.4, 0.5) is 22.0 Å². The third kappa shape index (κ3) is 5.87. The van der Waals surface area contributed by atoms with Gasteiger partial charge in [0, 0.05) is 29.1 Å². The van der Waals surface area contributed by atoms with Gasteiger partial charge in [0.2, 0.25) is 0 Å². The molecular formula is C24H23F5N2. The average Bonchev–Trinajstić information content (AvgIpc) is 2.73. The van der Waals surface area contributed by atoms with Crippen molar-refractivity contribution in [3.8, 4) is 22.5 Å². The van der Waals surface area contributed by atoms with Gasteiger partial charge in [-0.15, -0.1) is 0 Å². The Bertz CT molecular complexity index is 1010. The minimum absolute atomic E-state index is 0.0560. The second-order valence-corrected chi connectivity index (χ2v) is 7.47. The van der Waals surface area contributed by atoms with E-state index in [0.717, 1.165) is 37.0 Å². The maximum absolute atomic E-state index is 14.6. The molecule has 0 radical (unpaired) electrons. The van der Waals surface area contributed by atoms with Crippen LogP contribution in [0.25, 0.3) is 22.5 Å². The molecule has 2 nitrogen and oxygen atoms in total. The van der Waals surface area contributed by atoms with Gasteiger partial charge in [-0.1, -0.05) is 50.8 Å². The molecule has 0 aliphatic carbocycles. The van der Waals surface area contributed by atoms with Crippen LogP contribution in [0.1, 0.15) is 50.2 Å². The summed E-state index contributed by atoms with van der Waals surface area (Å²) in [4.78, 5) is 8.15. The number of hydrogen-bond donors (Lipinski definition) is 0. The fourth-order valence-electron chi connectivity index (χ4n) is 3.38. The van der Waals surface area contributed by atoms with Gasteiger partial charge in [0.25, 0.3) is 0 Å². The van der Waals surface area contributed by atoms with Crippen molar-refractivity contribution in [3.63, 3.8) is 0 Å². The summed E-state index contributed by atoms with van der Waals surface area (Å²) < 4.78 is 66.5. The predicted octanol–water partition coefficient (Wildman–Crippen LogP) is 7.62. The normalized spacial score (nSPS) is 11.7. The maximum Gasteiger partial charge on any atom is 0.419 e. The molecule has 2 aromatic carbocycles. The zero-order chi connectivity index (χ0) is 22.4. The summed E-state index contributed by atoms with van der Waals surface area (Å²) in [7, 11) is 0. The fourth-order valence-corrected chi connectivity index (χ4v) is 3.38. The van der Waals surface area contributed by atoms with Gasteiger partial charge in [-0.3, -0.25) is 0 Å². The molecule has 0 bridgehead atoms. The Kier molecular flexibility index (Phi) is 7.36. The number of halogens is 5. The SMILES string of the molecule is CCCCCCCc1ccc(-c2cnc(-c3ccc(C(F)(F)F)c(F)c3)nc2)c(F)c1. The van der Waals surface area contributed by atoms with Crippen LogP contribution in [0.3, 0.4) is 0 Å². The lowest BCUT2D eigenvalue weighted by molar-refractivity contribution is -0.139. The third-order valence-corrected chi connectivity index (χ3v) is 5.10. The molecule has 3 rings (SSSR count). The topological polar surface area (TPSA) is 25.8 Å². The van der Waals surface area contributed by atoms with Crippen LogP contribution < -0.4 is 0 Å². The Morgan fingerprint density at radius 3 is 2.10 bits per heavy atom. The molecule has 164 valence electrons. The van der Waals surface area contributed by atoms with Gasteiger partial charge >= 0.3 is 6.18 Å². The molecule has 0 fully saturated rings. The highest BCUT2D eigenvalue weighted by molar-refractivity contribution is 5.65. The van der Waals surface area contributed by atoms with E-state index < -0.39 is 17.6 Å². The predicted molar refractivity (Wildman–Crippen MR) is 110 cm³/mol. The summed E-state index contributed by atoms with van der Waals surface area (Å²) in [5, 5.41) is 0. The molecule has 0 N–H and O–H groups in total. The van der Waals surface area contributed by atoms with Gasteiger partial charge in [0.15, 0.2) is 5.82 Å². The van der Waals surface area contributed by atoms with Gasteiger partial charge in [0.1, 0.15) is 11.6 Å². The molecule has 7 heteroatoms.